The van der Waals surface area contributed by atoms with Gasteiger partial charge in [-0.25, -0.2) is 11.6 Å². The van der Waals surface area contributed by atoms with E-state index < -0.39 is 0 Å². The first-order chi connectivity index (χ1) is 5.43. The van der Waals surface area contributed by atoms with Gasteiger partial charge in [0.25, 0.3) is 0 Å². The highest BCUT2D eigenvalue weighted by atomic mass is 32.2. The number of ether oxygens (including phenoxy) is 1. The van der Waals surface area contributed by atoms with Gasteiger partial charge in [0.05, 0.1) is 6.61 Å². The van der Waals surface area contributed by atoms with Gasteiger partial charge in [-0.15, -0.1) is 0 Å². The van der Waals surface area contributed by atoms with E-state index >= 15 is 0 Å². The van der Waals surface area contributed by atoms with Crippen molar-refractivity contribution < 1.29 is 4.74 Å². The molecule has 11 heavy (non-hydrogen) atoms. The molecular formula is C8H9BOS. The molecule has 0 aliphatic carbocycles. The van der Waals surface area contributed by atoms with Crippen LogP contribution in [0.4, 0.5) is 0 Å². The molecule has 3 heteroatoms. The Labute approximate surface area is 72.4 Å². The van der Waals surface area contributed by atoms with Crippen LogP contribution in [0.2, 0.25) is 0 Å². The first-order valence-corrected chi connectivity index (χ1v) is 4.48. The van der Waals surface area contributed by atoms with Crippen molar-refractivity contribution in [3.8, 4) is 5.75 Å². The Hall–Kier alpha value is -0.565. The predicted octanol–water partition coefficient (Wildman–Crippen LogP) is 1.88. The van der Waals surface area contributed by atoms with E-state index in [1.165, 1.54) is 11.6 Å². The van der Waals surface area contributed by atoms with Gasteiger partial charge >= 0.3 is 0 Å². The van der Waals surface area contributed by atoms with Gasteiger partial charge in [-0.2, -0.15) is 0 Å². The lowest BCUT2D eigenvalue weighted by molar-refractivity contribution is 0.344. The number of hydrogen-bond donors (Lipinski definition) is 0. The summed E-state index contributed by atoms with van der Waals surface area (Å²) >= 11 is 1.30. The molecule has 0 spiro atoms. The topological polar surface area (TPSA) is 9.23 Å². The van der Waals surface area contributed by atoms with E-state index in [2.05, 4.69) is 0 Å². The third-order valence-corrected chi connectivity index (χ3v) is 1.62. The van der Waals surface area contributed by atoms with Crippen molar-refractivity contribution in [2.75, 3.05) is 12.4 Å². The van der Waals surface area contributed by atoms with Gasteiger partial charge in [-0.05, 0) is 12.1 Å². The van der Waals surface area contributed by atoms with Crippen molar-refractivity contribution >= 4 is 18.7 Å². The second kappa shape index (κ2) is 5.13. The normalized spacial score (nSPS) is 9.45. The minimum Gasteiger partial charge on any atom is -0.493 e. The van der Waals surface area contributed by atoms with E-state index in [1.54, 1.807) is 0 Å². The summed E-state index contributed by atoms with van der Waals surface area (Å²) in [5, 5.41) is 0. The van der Waals surface area contributed by atoms with Crippen molar-refractivity contribution in [2.24, 2.45) is 0 Å². The Kier molecular flexibility index (Phi) is 3.98. The van der Waals surface area contributed by atoms with Crippen LogP contribution in [-0.2, 0) is 0 Å². The molecule has 0 bridgehead atoms. The summed E-state index contributed by atoms with van der Waals surface area (Å²) < 4.78 is 5.35. The van der Waals surface area contributed by atoms with Gasteiger partial charge in [0.1, 0.15) is 5.75 Å². The van der Waals surface area contributed by atoms with Crippen molar-refractivity contribution in [3.63, 3.8) is 0 Å². The quantitative estimate of drug-likeness (QED) is 0.496. The molecule has 0 aromatic heterocycles. The molecule has 1 aromatic carbocycles. The molecule has 0 amide bonds. The Bertz CT molecular complexity index is 191. The van der Waals surface area contributed by atoms with Gasteiger partial charge in [0, 0.05) is 5.75 Å². The fourth-order valence-corrected chi connectivity index (χ4v) is 0.904. The van der Waals surface area contributed by atoms with E-state index in [0.717, 1.165) is 11.5 Å². The number of benzene rings is 1. The standard InChI is InChI=1S/C8H9BOS/c9-11-7-6-10-8-4-2-1-3-5-8/h1-5H,6-7H2. The first-order valence-electron chi connectivity index (χ1n) is 3.43. The second-order valence-electron chi connectivity index (χ2n) is 2.03. The lowest BCUT2D eigenvalue weighted by Crippen LogP contribution is -1.99. The maximum atomic E-state index is 5.35. The Morgan fingerprint density at radius 1 is 1.27 bits per heavy atom. The smallest absolute Gasteiger partial charge is 0.161 e. The molecular weight excluding hydrogens is 155 g/mol. The zero-order valence-electron chi connectivity index (χ0n) is 6.19. The molecule has 1 nitrogen and oxygen atoms in total. The molecule has 0 fully saturated rings. The number of para-hydroxylation sites is 1. The summed E-state index contributed by atoms with van der Waals surface area (Å²) in [5.41, 5.74) is 0. The molecule has 1 rings (SSSR count). The lowest BCUT2D eigenvalue weighted by atomic mass is 10.3. The van der Waals surface area contributed by atoms with E-state index in [1.807, 2.05) is 30.3 Å². The summed E-state index contributed by atoms with van der Waals surface area (Å²) in [5.74, 6) is 1.73. The van der Waals surface area contributed by atoms with Crippen molar-refractivity contribution in [2.45, 2.75) is 0 Å². The van der Waals surface area contributed by atoms with Crippen LogP contribution in [0.25, 0.3) is 0 Å². The van der Waals surface area contributed by atoms with Crippen molar-refractivity contribution in [1.82, 2.24) is 0 Å². The number of hydrogen-bond acceptors (Lipinski definition) is 2. The molecule has 2 radical (unpaired) electrons. The minimum atomic E-state index is 0.672. The van der Waals surface area contributed by atoms with E-state index in [9.17, 15) is 0 Å². The molecule has 0 aliphatic heterocycles. The fraction of sp³-hybridized carbons (Fsp3) is 0.250. The van der Waals surface area contributed by atoms with Crippen LogP contribution in [0, 0.1) is 0 Å². The van der Waals surface area contributed by atoms with E-state index in [-0.39, 0.29) is 0 Å². The van der Waals surface area contributed by atoms with Crippen LogP contribution < -0.4 is 4.74 Å². The van der Waals surface area contributed by atoms with Crippen LogP contribution >= 0.6 is 11.6 Å². The lowest BCUT2D eigenvalue weighted by Gasteiger charge is -2.03. The van der Waals surface area contributed by atoms with E-state index in [0.29, 0.717) is 6.61 Å². The molecule has 1 aromatic rings. The summed E-state index contributed by atoms with van der Waals surface area (Å²) in [6.45, 7) is 0.672. The van der Waals surface area contributed by atoms with Crippen LogP contribution in [0.1, 0.15) is 0 Å². The zero-order valence-corrected chi connectivity index (χ0v) is 7.01. The molecule has 0 saturated heterocycles. The molecule has 0 atom stereocenters. The molecule has 0 N–H and O–H groups in total. The van der Waals surface area contributed by atoms with Gasteiger partial charge < -0.3 is 4.74 Å². The highest BCUT2D eigenvalue weighted by Crippen LogP contribution is 2.08. The van der Waals surface area contributed by atoms with Crippen molar-refractivity contribution in [1.29, 1.82) is 0 Å². The average molecular weight is 164 g/mol. The monoisotopic (exact) mass is 164 g/mol. The maximum Gasteiger partial charge on any atom is 0.161 e. The first kappa shape index (κ1) is 8.53. The molecule has 0 unspecified atom stereocenters. The van der Waals surface area contributed by atoms with Gasteiger partial charge in [0.15, 0.2) is 7.12 Å². The summed E-state index contributed by atoms with van der Waals surface area (Å²) in [6, 6.07) is 9.72. The Morgan fingerprint density at radius 2 is 2.00 bits per heavy atom. The van der Waals surface area contributed by atoms with Crippen molar-refractivity contribution in [3.05, 3.63) is 30.3 Å². The molecule has 0 aliphatic rings. The third kappa shape index (κ3) is 3.37. The van der Waals surface area contributed by atoms with E-state index in [4.69, 9.17) is 11.9 Å². The Morgan fingerprint density at radius 3 is 2.64 bits per heavy atom. The highest BCUT2D eigenvalue weighted by molar-refractivity contribution is 8.19. The number of rotatable bonds is 4. The fourth-order valence-electron chi connectivity index (χ4n) is 0.724. The highest BCUT2D eigenvalue weighted by Gasteiger charge is 1.88. The summed E-state index contributed by atoms with van der Waals surface area (Å²) in [7, 11) is 5.23. The SMILES string of the molecule is [B]SCCOc1ccccc1. The zero-order chi connectivity index (χ0) is 7.94. The molecule has 0 saturated carbocycles. The van der Waals surface area contributed by atoms with Crippen LogP contribution in [0.15, 0.2) is 30.3 Å². The predicted molar refractivity (Wildman–Crippen MR) is 50.1 cm³/mol. The van der Waals surface area contributed by atoms with Crippen LogP contribution in [0.3, 0.4) is 0 Å². The van der Waals surface area contributed by atoms with Gasteiger partial charge in [-0.1, -0.05) is 18.2 Å². The van der Waals surface area contributed by atoms with Gasteiger partial charge in [-0.3, -0.25) is 0 Å². The summed E-state index contributed by atoms with van der Waals surface area (Å²) in [4.78, 5) is 0. The maximum absolute atomic E-state index is 5.35. The largest absolute Gasteiger partial charge is 0.493 e. The summed E-state index contributed by atoms with van der Waals surface area (Å²) in [6.07, 6.45) is 0. The third-order valence-electron chi connectivity index (χ3n) is 1.21. The average Bonchev–Trinajstić information content (AvgIpc) is 2.07. The van der Waals surface area contributed by atoms with Gasteiger partial charge in [0.2, 0.25) is 0 Å². The molecule has 0 heterocycles. The van der Waals surface area contributed by atoms with Crippen LogP contribution in [-0.4, -0.2) is 19.5 Å². The second-order valence-corrected chi connectivity index (χ2v) is 2.77. The Balaban J connectivity index is 2.28. The molecule has 56 valence electrons. The minimum absolute atomic E-state index is 0.672. The van der Waals surface area contributed by atoms with Crippen LogP contribution in [0.5, 0.6) is 5.75 Å².